The minimum Gasteiger partial charge on any atom is -0.462 e. The van der Waals surface area contributed by atoms with Crippen LogP contribution in [0.2, 0.25) is 5.02 Å². The van der Waals surface area contributed by atoms with E-state index in [0.717, 1.165) is 0 Å². The number of aromatic nitrogens is 3. The minimum absolute atomic E-state index is 0.0237. The fraction of sp³-hybridized carbons (Fsp3) is 0.176. The summed E-state index contributed by atoms with van der Waals surface area (Å²) < 4.78 is 20.5. The van der Waals surface area contributed by atoms with E-state index in [9.17, 15) is 14.0 Å². The van der Waals surface area contributed by atoms with Crippen molar-refractivity contribution in [1.82, 2.24) is 14.8 Å². The maximum atomic E-state index is 14.2. The predicted molar refractivity (Wildman–Crippen MR) is 89.4 cm³/mol. The topological polar surface area (TPSA) is 74.1 Å². The molecule has 0 radical (unpaired) electrons. The van der Waals surface area contributed by atoms with Crippen molar-refractivity contribution in [3.63, 3.8) is 0 Å². The number of hydrogen-bond donors (Lipinski definition) is 0. The molecular weight excluding hydrogens is 349 g/mol. The first-order valence-corrected chi connectivity index (χ1v) is 7.83. The Balaban J connectivity index is 1.96. The van der Waals surface area contributed by atoms with Gasteiger partial charge in [0.2, 0.25) is 0 Å². The van der Waals surface area contributed by atoms with Crippen LogP contribution < -0.4 is 0 Å². The largest absolute Gasteiger partial charge is 0.462 e. The zero-order chi connectivity index (χ0) is 18.0. The number of fused-ring (bicyclic) bond motifs is 1. The standard InChI is InChI=1S/C17H13ClFN3O3/c1-2-25-17(24)13-8-22(21-15(13)9-23)7-10-3-11-5-12(18)6-20-16(11)14(19)4-10/h3-6,8-9H,2,7H2,1H3. The van der Waals surface area contributed by atoms with Crippen LogP contribution in [0.1, 0.15) is 33.3 Å². The average molecular weight is 362 g/mol. The van der Waals surface area contributed by atoms with E-state index in [4.69, 9.17) is 16.3 Å². The molecule has 8 heteroatoms. The van der Waals surface area contributed by atoms with Crippen molar-refractivity contribution in [2.45, 2.75) is 13.5 Å². The van der Waals surface area contributed by atoms with Crippen molar-refractivity contribution in [3.05, 3.63) is 58.3 Å². The molecule has 128 valence electrons. The molecule has 25 heavy (non-hydrogen) atoms. The molecule has 1 aromatic carbocycles. The van der Waals surface area contributed by atoms with Crippen LogP contribution in [-0.2, 0) is 11.3 Å². The molecule has 0 fully saturated rings. The lowest BCUT2D eigenvalue weighted by molar-refractivity contribution is 0.0524. The molecular formula is C17H13ClFN3O3. The highest BCUT2D eigenvalue weighted by Crippen LogP contribution is 2.22. The fourth-order valence-corrected chi connectivity index (χ4v) is 2.65. The molecule has 3 aromatic rings. The van der Waals surface area contributed by atoms with Gasteiger partial charge >= 0.3 is 5.97 Å². The third kappa shape index (κ3) is 3.51. The molecule has 0 bridgehead atoms. The smallest absolute Gasteiger partial charge is 0.342 e. The molecule has 0 saturated carbocycles. The van der Waals surface area contributed by atoms with Crippen molar-refractivity contribution in [2.24, 2.45) is 0 Å². The highest BCUT2D eigenvalue weighted by atomic mass is 35.5. The Labute approximate surface area is 147 Å². The number of benzene rings is 1. The molecule has 0 saturated heterocycles. The van der Waals surface area contributed by atoms with Crippen LogP contribution in [0.25, 0.3) is 10.9 Å². The van der Waals surface area contributed by atoms with Crippen molar-refractivity contribution in [2.75, 3.05) is 6.61 Å². The second kappa shape index (κ2) is 6.98. The van der Waals surface area contributed by atoms with E-state index in [1.54, 1.807) is 19.1 Å². The minimum atomic E-state index is -0.628. The number of halogens is 2. The van der Waals surface area contributed by atoms with Gasteiger partial charge in [0.25, 0.3) is 0 Å². The van der Waals surface area contributed by atoms with Crippen LogP contribution >= 0.6 is 11.6 Å². The van der Waals surface area contributed by atoms with Crippen molar-refractivity contribution in [3.8, 4) is 0 Å². The predicted octanol–water partition coefficient (Wildman–Crippen LogP) is 3.26. The Morgan fingerprint density at radius 2 is 2.20 bits per heavy atom. The first-order chi connectivity index (χ1) is 12.0. The summed E-state index contributed by atoms with van der Waals surface area (Å²) in [6.45, 7) is 2.02. The van der Waals surface area contributed by atoms with Crippen LogP contribution in [0.3, 0.4) is 0 Å². The number of hydrogen-bond acceptors (Lipinski definition) is 5. The van der Waals surface area contributed by atoms with Crippen molar-refractivity contribution < 1.29 is 18.7 Å². The Morgan fingerprint density at radius 3 is 2.92 bits per heavy atom. The zero-order valence-corrected chi connectivity index (χ0v) is 14.0. The molecule has 0 amide bonds. The molecule has 0 N–H and O–H groups in total. The highest BCUT2D eigenvalue weighted by Gasteiger charge is 2.17. The van der Waals surface area contributed by atoms with E-state index < -0.39 is 11.8 Å². The number of esters is 1. The third-order valence-corrected chi connectivity index (χ3v) is 3.71. The molecule has 3 rings (SSSR count). The highest BCUT2D eigenvalue weighted by molar-refractivity contribution is 6.31. The maximum Gasteiger partial charge on any atom is 0.342 e. The van der Waals surface area contributed by atoms with Crippen LogP contribution in [0.5, 0.6) is 0 Å². The molecule has 0 aliphatic carbocycles. The van der Waals surface area contributed by atoms with Gasteiger partial charge in [-0.3, -0.25) is 14.5 Å². The lowest BCUT2D eigenvalue weighted by atomic mass is 10.1. The van der Waals surface area contributed by atoms with E-state index >= 15 is 0 Å². The van der Waals surface area contributed by atoms with Gasteiger partial charge in [-0.05, 0) is 30.7 Å². The summed E-state index contributed by atoms with van der Waals surface area (Å²) in [6, 6.07) is 4.67. The zero-order valence-electron chi connectivity index (χ0n) is 13.2. The summed E-state index contributed by atoms with van der Waals surface area (Å²) in [7, 11) is 0. The molecule has 0 aliphatic rings. The number of aldehydes is 1. The number of carbonyl (C=O) groups is 2. The van der Waals surface area contributed by atoms with Gasteiger partial charge < -0.3 is 4.74 Å². The lowest BCUT2D eigenvalue weighted by Crippen LogP contribution is -2.06. The average Bonchev–Trinajstić information content (AvgIpc) is 2.97. The number of rotatable bonds is 5. The number of nitrogens with zero attached hydrogens (tertiary/aromatic N) is 3. The number of pyridine rings is 1. The van der Waals surface area contributed by atoms with Crippen LogP contribution in [0.4, 0.5) is 4.39 Å². The normalized spacial score (nSPS) is 10.8. The summed E-state index contributed by atoms with van der Waals surface area (Å²) in [5.74, 6) is -1.12. The van der Waals surface area contributed by atoms with E-state index in [1.165, 1.54) is 23.1 Å². The fourth-order valence-electron chi connectivity index (χ4n) is 2.49. The second-order valence-electron chi connectivity index (χ2n) is 5.27. The molecule has 0 aliphatic heterocycles. The van der Waals surface area contributed by atoms with Gasteiger partial charge in [-0.25, -0.2) is 9.18 Å². The van der Waals surface area contributed by atoms with Crippen LogP contribution in [0, 0.1) is 5.82 Å². The number of ether oxygens (including phenoxy) is 1. The molecule has 0 atom stereocenters. The van der Waals surface area contributed by atoms with Gasteiger partial charge in [0, 0.05) is 17.8 Å². The first-order valence-electron chi connectivity index (χ1n) is 7.45. The number of carbonyl (C=O) groups excluding carboxylic acids is 2. The molecule has 2 heterocycles. The summed E-state index contributed by atoms with van der Waals surface area (Å²) in [4.78, 5) is 26.9. The van der Waals surface area contributed by atoms with E-state index in [1.807, 2.05) is 0 Å². The monoisotopic (exact) mass is 361 g/mol. The van der Waals surface area contributed by atoms with Crippen molar-refractivity contribution >= 4 is 34.8 Å². The van der Waals surface area contributed by atoms with Gasteiger partial charge in [-0.15, -0.1) is 0 Å². The second-order valence-corrected chi connectivity index (χ2v) is 5.70. The van der Waals surface area contributed by atoms with Gasteiger partial charge in [0.15, 0.2) is 6.29 Å². The summed E-state index contributed by atoms with van der Waals surface area (Å²) >= 11 is 5.90. The van der Waals surface area contributed by atoms with Gasteiger partial charge in [-0.2, -0.15) is 5.10 Å². The summed E-state index contributed by atoms with van der Waals surface area (Å²) in [5.41, 5.74) is 0.853. The molecule has 0 unspecified atom stereocenters. The summed E-state index contributed by atoms with van der Waals surface area (Å²) in [5, 5.41) is 4.99. The van der Waals surface area contributed by atoms with E-state index in [-0.39, 0.29) is 29.9 Å². The Morgan fingerprint density at radius 1 is 1.40 bits per heavy atom. The molecule has 0 spiro atoms. The maximum absolute atomic E-state index is 14.2. The van der Waals surface area contributed by atoms with Gasteiger partial charge in [0.1, 0.15) is 22.6 Å². The molecule has 6 nitrogen and oxygen atoms in total. The quantitative estimate of drug-likeness (QED) is 0.515. The van der Waals surface area contributed by atoms with Gasteiger partial charge in [0.05, 0.1) is 18.2 Å². The van der Waals surface area contributed by atoms with Crippen LogP contribution in [-0.4, -0.2) is 33.6 Å². The Kier molecular flexibility index (Phi) is 4.76. The van der Waals surface area contributed by atoms with E-state index in [0.29, 0.717) is 22.3 Å². The Bertz CT molecular complexity index is 971. The third-order valence-electron chi connectivity index (χ3n) is 3.50. The first kappa shape index (κ1) is 17.0. The van der Waals surface area contributed by atoms with Crippen LogP contribution in [0.15, 0.2) is 30.6 Å². The molecule has 2 aromatic heterocycles. The van der Waals surface area contributed by atoms with E-state index in [2.05, 4.69) is 10.1 Å². The Hall–Kier alpha value is -2.80. The SMILES string of the molecule is CCOC(=O)c1cn(Cc2cc(F)c3ncc(Cl)cc3c2)nc1C=O. The lowest BCUT2D eigenvalue weighted by Gasteiger charge is -2.05. The van der Waals surface area contributed by atoms with Crippen molar-refractivity contribution in [1.29, 1.82) is 0 Å². The summed E-state index contributed by atoms with van der Waals surface area (Å²) in [6.07, 6.45) is 3.26. The van der Waals surface area contributed by atoms with Gasteiger partial charge in [-0.1, -0.05) is 11.6 Å².